The highest BCUT2D eigenvalue weighted by Crippen LogP contribution is 2.34. The summed E-state index contributed by atoms with van der Waals surface area (Å²) in [6, 6.07) is 7.70. The van der Waals surface area contributed by atoms with Gasteiger partial charge in [-0.25, -0.2) is 13.1 Å². The number of halogens is 3. The number of nitrogens with zero attached hydrogens (tertiary/aromatic N) is 1. The number of benzene rings is 2. The summed E-state index contributed by atoms with van der Waals surface area (Å²) in [4.78, 5) is 10.1. The number of rotatable bonds is 11. The van der Waals surface area contributed by atoms with Crippen LogP contribution in [0, 0.1) is 10.1 Å². The van der Waals surface area contributed by atoms with Crippen molar-refractivity contribution in [3.63, 3.8) is 0 Å². The largest absolute Gasteiger partial charge is 0.491 e. The zero-order valence-corrected chi connectivity index (χ0v) is 17.1. The molecule has 2 rings (SSSR count). The minimum absolute atomic E-state index is 0.0212. The van der Waals surface area contributed by atoms with Gasteiger partial charge in [0.15, 0.2) is 0 Å². The second-order valence-corrected chi connectivity index (χ2v) is 7.89. The lowest BCUT2D eigenvalue weighted by Crippen LogP contribution is -2.29. The van der Waals surface area contributed by atoms with Gasteiger partial charge in [-0.15, -0.1) is 0 Å². The Morgan fingerprint density at radius 3 is 2.32 bits per heavy atom. The average Bonchev–Trinajstić information content (AvgIpc) is 2.71. The summed E-state index contributed by atoms with van der Waals surface area (Å²) in [5, 5.41) is 13.6. The second-order valence-electron chi connectivity index (χ2n) is 6.12. The predicted octanol–water partition coefficient (Wildman–Crippen LogP) is 3.03. The standard InChI is InChI=1S/C18H20F3N3O6S/c1-29-10-11-30-14-3-5-15(6-4-14)31(27,28)23-9-8-22-16-7-2-13(18(19,20)21)12-17(16)24(25)26/h2-7,12,22-23H,8-11H2,1H3. The van der Waals surface area contributed by atoms with Crippen molar-refractivity contribution in [2.24, 2.45) is 0 Å². The molecule has 2 N–H and O–H groups in total. The number of nitro benzene ring substituents is 1. The third kappa shape index (κ3) is 7.08. The molecule has 9 nitrogen and oxygen atoms in total. The van der Waals surface area contributed by atoms with Gasteiger partial charge in [0, 0.05) is 26.3 Å². The Hall–Kier alpha value is -2.90. The number of ether oxygens (including phenoxy) is 2. The molecule has 0 aliphatic rings. The van der Waals surface area contributed by atoms with Gasteiger partial charge < -0.3 is 14.8 Å². The lowest BCUT2D eigenvalue weighted by molar-refractivity contribution is -0.384. The molecule has 0 saturated heterocycles. The second kappa shape index (κ2) is 10.4. The summed E-state index contributed by atoms with van der Waals surface area (Å²) in [6.07, 6.45) is -4.72. The quantitative estimate of drug-likeness (QED) is 0.299. The molecule has 31 heavy (non-hydrogen) atoms. The fraction of sp³-hybridized carbons (Fsp3) is 0.333. The molecule has 0 bridgehead atoms. The summed E-state index contributed by atoms with van der Waals surface area (Å²) >= 11 is 0. The number of nitro groups is 1. The Kier molecular flexibility index (Phi) is 8.19. The average molecular weight is 463 g/mol. The molecule has 0 spiro atoms. The van der Waals surface area contributed by atoms with Gasteiger partial charge in [-0.2, -0.15) is 13.2 Å². The number of methoxy groups -OCH3 is 1. The lowest BCUT2D eigenvalue weighted by Gasteiger charge is -2.11. The summed E-state index contributed by atoms with van der Waals surface area (Å²) in [5.41, 5.74) is -2.07. The van der Waals surface area contributed by atoms with Crippen LogP contribution in [0.4, 0.5) is 24.5 Å². The zero-order valence-electron chi connectivity index (χ0n) is 16.3. The molecule has 0 unspecified atom stereocenters. The predicted molar refractivity (Wildman–Crippen MR) is 106 cm³/mol. The van der Waals surface area contributed by atoms with Crippen LogP contribution in [0.5, 0.6) is 5.75 Å². The van der Waals surface area contributed by atoms with Crippen molar-refractivity contribution >= 4 is 21.4 Å². The van der Waals surface area contributed by atoms with E-state index in [-0.39, 0.29) is 23.7 Å². The number of hydrogen-bond acceptors (Lipinski definition) is 7. The lowest BCUT2D eigenvalue weighted by atomic mass is 10.1. The zero-order chi connectivity index (χ0) is 23.1. The topological polar surface area (TPSA) is 120 Å². The van der Waals surface area contributed by atoms with Crippen molar-refractivity contribution in [2.45, 2.75) is 11.1 Å². The van der Waals surface area contributed by atoms with Crippen molar-refractivity contribution in [1.82, 2.24) is 4.72 Å². The number of alkyl halides is 3. The minimum atomic E-state index is -4.72. The first-order chi connectivity index (χ1) is 14.5. The van der Waals surface area contributed by atoms with E-state index in [0.29, 0.717) is 31.1 Å². The number of hydrogen-bond donors (Lipinski definition) is 2. The maximum Gasteiger partial charge on any atom is 0.416 e. The molecule has 0 heterocycles. The summed E-state index contributed by atoms with van der Waals surface area (Å²) < 4.78 is 75.3. The van der Waals surface area contributed by atoms with Gasteiger partial charge in [-0.1, -0.05) is 0 Å². The highest BCUT2D eigenvalue weighted by molar-refractivity contribution is 7.89. The van der Waals surface area contributed by atoms with Crippen LogP contribution < -0.4 is 14.8 Å². The smallest absolute Gasteiger partial charge is 0.416 e. The van der Waals surface area contributed by atoms with Crippen LogP contribution in [0.3, 0.4) is 0 Å². The molecule has 0 aliphatic heterocycles. The molecule has 0 radical (unpaired) electrons. The third-order valence-electron chi connectivity index (χ3n) is 3.94. The summed E-state index contributed by atoms with van der Waals surface area (Å²) in [6.45, 7) is 0.435. The number of anilines is 1. The summed E-state index contributed by atoms with van der Waals surface area (Å²) in [5.74, 6) is 0.465. The van der Waals surface area contributed by atoms with Crippen LogP contribution in [-0.4, -0.2) is 46.8 Å². The molecule has 170 valence electrons. The number of sulfonamides is 1. The Balaban J connectivity index is 1.95. The van der Waals surface area contributed by atoms with Crippen molar-refractivity contribution < 1.29 is 36.0 Å². The maximum absolute atomic E-state index is 12.7. The molecule has 2 aromatic carbocycles. The van der Waals surface area contributed by atoms with E-state index in [4.69, 9.17) is 9.47 Å². The van der Waals surface area contributed by atoms with Crippen molar-refractivity contribution in [3.05, 3.63) is 58.1 Å². The molecule has 0 atom stereocenters. The molecule has 2 aromatic rings. The maximum atomic E-state index is 12.7. The molecule has 0 fully saturated rings. The molecule has 0 saturated carbocycles. The van der Waals surface area contributed by atoms with Crippen LogP contribution in [0.1, 0.15) is 5.56 Å². The van der Waals surface area contributed by atoms with E-state index in [1.165, 1.54) is 31.4 Å². The molecule has 0 aliphatic carbocycles. The van der Waals surface area contributed by atoms with E-state index in [1.807, 2.05) is 0 Å². The Labute approximate surface area is 176 Å². The molecular weight excluding hydrogens is 443 g/mol. The van der Waals surface area contributed by atoms with E-state index in [1.54, 1.807) is 0 Å². The first-order valence-electron chi connectivity index (χ1n) is 8.85. The van der Waals surface area contributed by atoms with Gasteiger partial charge in [0.2, 0.25) is 10.0 Å². The molecular formula is C18H20F3N3O6S. The van der Waals surface area contributed by atoms with Crippen molar-refractivity contribution in [1.29, 1.82) is 0 Å². The first kappa shape index (κ1) is 24.4. The monoisotopic (exact) mass is 463 g/mol. The van der Waals surface area contributed by atoms with Crippen molar-refractivity contribution in [3.8, 4) is 5.75 Å². The van der Waals surface area contributed by atoms with E-state index < -0.39 is 32.4 Å². The van der Waals surface area contributed by atoms with Gasteiger partial charge >= 0.3 is 6.18 Å². The van der Waals surface area contributed by atoms with E-state index in [9.17, 15) is 31.7 Å². The highest BCUT2D eigenvalue weighted by Gasteiger charge is 2.33. The SMILES string of the molecule is COCCOc1ccc(S(=O)(=O)NCCNc2ccc(C(F)(F)F)cc2[N+](=O)[O-])cc1. The Bertz CT molecular complexity index is 998. The fourth-order valence-corrected chi connectivity index (χ4v) is 3.46. The Morgan fingerprint density at radius 2 is 1.74 bits per heavy atom. The third-order valence-corrected chi connectivity index (χ3v) is 5.42. The van der Waals surface area contributed by atoms with Gasteiger partial charge in [-0.05, 0) is 36.4 Å². The van der Waals surface area contributed by atoms with Gasteiger partial charge in [0.1, 0.15) is 18.0 Å². The van der Waals surface area contributed by atoms with Crippen LogP contribution in [0.2, 0.25) is 0 Å². The number of nitrogens with one attached hydrogen (secondary N) is 2. The van der Waals surface area contributed by atoms with Crippen molar-refractivity contribution in [2.75, 3.05) is 38.7 Å². The minimum Gasteiger partial charge on any atom is -0.491 e. The Morgan fingerprint density at radius 1 is 1.06 bits per heavy atom. The van der Waals surface area contributed by atoms with Gasteiger partial charge in [-0.3, -0.25) is 10.1 Å². The van der Waals surface area contributed by atoms with Crippen LogP contribution in [-0.2, 0) is 20.9 Å². The van der Waals surface area contributed by atoms with Crippen LogP contribution in [0.15, 0.2) is 47.4 Å². The first-order valence-corrected chi connectivity index (χ1v) is 10.3. The molecule has 0 amide bonds. The van der Waals surface area contributed by atoms with Gasteiger partial charge in [0.05, 0.1) is 22.0 Å². The highest BCUT2D eigenvalue weighted by atomic mass is 32.2. The van der Waals surface area contributed by atoms with Crippen LogP contribution in [0.25, 0.3) is 0 Å². The molecule has 0 aromatic heterocycles. The fourth-order valence-electron chi connectivity index (χ4n) is 2.43. The van der Waals surface area contributed by atoms with Gasteiger partial charge in [0.25, 0.3) is 5.69 Å². The van der Waals surface area contributed by atoms with Crippen LogP contribution >= 0.6 is 0 Å². The summed E-state index contributed by atoms with van der Waals surface area (Å²) in [7, 11) is -2.34. The normalized spacial score (nSPS) is 11.9. The van der Waals surface area contributed by atoms with E-state index in [0.717, 1.165) is 6.07 Å². The van der Waals surface area contributed by atoms with E-state index in [2.05, 4.69) is 10.0 Å². The molecule has 13 heteroatoms. The van der Waals surface area contributed by atoms with E-state index >= 15 is 0 Å².